The molecule has 0 atom stereocenters. The molecule has 0 N–H and O–H groups in total. The molecule has 8 heteroatoms. The van der Waals surface area contributed by atoms with Gasteiger partial charge in [0.25, 0.3) is 5.91 Å². The first kappa shape index (κ1) is 19.1. The zero-order chi connectivity index (χ0) is 18.8. The van der Waals surface area contributed by atoms with Crippen molar-refractivity contribution in [1.82, 2.24) is 14.1 Å². The van der Waals surface area contributed by atoms with Crippen molar-refractivity contribution < 1.29 is 17.9 Å². The summed E-state index contributed by atoms with van der Waals surface area (Å²) in [6.45, 7) is 7.46. The average molecular weight is 365 g/mol. The number of ether oxygens (including phenoxy) is 1. The van der Waals surface area contributed by atoms with Crippen LogP contribution in [0.4, 0.5) is 0 Å². The lowest BCUT2D eigenvalue weighted by Crippen LogP contribution is -2.31. The molecule has 0 bridgehead atoms. The second kappa shape index (κ2) is 7.37. The number of hydrogen-bond donors (Lipinski definition) is 0. The second-order valence-corrected chi connectivity index (χ2v) is 7.41. The minimum atomic E-state index is -3.69. The minimum absolute atomic E-state index is 0.0954. The van der Waals surface area contributed by atoms with Crippen LogP contribution in [0.5, 0.6) is 5.75 Å². The molecule has 136 valence electrons. The summed E-state index contributed by atoms with van der Waals surface area (Å²) in [5, 5.41) is 4.18. The molecule has 2 aromatic rings. The Bertz CT molecular complexity index is 866. The molecule has 0 spiro atoms. The highest BCUT2D eigenvalue weighted by Crippen LogP contribution is 2.24. The third-order valence-electron chi connectivity index (χ3n) is 4.06. The Balaban J connectivity index is 2.50. The van der Waals surface area contributed by atoms with Gasteiger partial charge in [0.1, 0.15) is 10.6 Å². The fourth-order valence-electron chi connectivity index (χ4n) is 2.75. The highest BCUT2D eigenvalue weighted by Gasteiger charge is 2.30. The van der Waals surface area contributed by atoms with Crippen molar-refractivity contribution in [3.05, 3.63) is 41.2 Å². The van der Waals surface area contributed by atoms with E-state index in [9.17, 15) is 13.2 Å². The van der Waals surface area contributed by atoms with Crippen LogP contribution in [-0.2, 0) is 10.0 Å². The number of carbonyl (C=O) groups is 1. The van der Waals surface area contributed by atoms with Gasteiger partial charge in [-0.1, -0.05) is 13.8 Å². The highest BCUT2D eigenvalue weighted by molar-refractivity contribution is 7.89. The summed E-state index contributed by atoms with van der Waals surface area (Å²) in [6.07, 6.45) is 0. The number of hydrogen-bond acceptors (Lipinski definition) is 5. The van der Waals surface area contributed by atoms with Crippen molar-refractivity contribution in [2.75, 3.05) is 20.2 Å². The quantitative estimate of drug-likeness (QED) is 0.784. The van der Waals surface area contributed by atoms with E-state index in [-0.39, 0.29) is 10.8 Å². The van der Waals surface area contributed by atoms with E-state index in [0.29, 0.717) is 35.8 Å². The smallest absolute Gasteiger partial charge is 0.278 e. The Hall–Kier alpha value is -2.19. The van der Waals surface area contributed by atoms with E-state index in [1.165, 1.54) is 4.31 Å². The van der Waals surface area contributed by atoms with Crippen LogP contribution in [0.3, 0.4) is 0 Å². The molecule has 0 amide bonds. The number of rotatable bonds is 6. The van der Waals surface area contributed by atoms with Gasteiger partial charge in [-0.25, -0.2) is 8.42 Å². The van der Waals surface area contributed by atoms with Crippen LogP contribution in [0.2, 0.25) is 0 Å². The molecule has 1 heterocycles. The van der Waals surface area contributed by atoms with Gasteiger partial charge in [0.15, 0.2) is 0 Å². The number of benzene rings is 1. The summed E-state index contributed by atoms with van der Waals surface area (Å²) in [6, 6.07) is 6.59. The largest absolute Gasteiger partial charge is 0.497 e. The lowest BCUT2D eigenvalue weighted by atomic mass is 10.2. The molecule has 0 radical (unpaired) electrons. The van der Waals surface area contributed by atoms with Crippen molar-refractivity contribution in [3.63, 3.8) is 0 Å². The number of nitrogens with zero attached hydrogens (tertiary/aromatic N) is 3. The Kier molecular flexibility index (Phi) is 5.64. The monoisotopic (exact) mass is 365 g/mol. The van der Waals surface area contributed by atoms with E-state index >= 15 is 0 Å². The molecule has 0 unspecified atom stereocenters. The average Bonchev–Trinajstić information content (AvgIpc) is 2.90. The van der Waals surface area contributed by atoms with Gasteiger partial charge in [0.05, 0.1) is 18.5 Å². The summed E-state index contributed by atoms with van der Waals surface area (Å²) in [4.78, 5) is 12.8. The van der Waals surface area contributed by atoms with Gasteiger partial charge >= 0.3 is 0 Å². The van der Waals surface area contributed by atoms with Crippen molar-refractivity contribution in [1.29, 1.82) is 0 Å². The standard InChI is InChI=1S/C17H23N3O4S/c1-6-19(7-2)25(22,23)16-12(3)18-20(13(16)4)17(21)14-8-10-15(24-5)11-9-14/h8-11H,6-7H2,1-5H3. The third kappa shape index (κ3) is 3.45. The molecule has 1 aromatic carbocycles. The van der Waals surface area contributed by atoms with Gasteiger partial charge < -0.3 is 4.74 Å². The Labute approximate surface area is 148 Å². The van der Waals surface area contributed by atoms with Gasteiger partial charge in [-0.05, 0) is 38.1 Å². The van der Waals surface area contributed by atoms with Gasteiger partial charge in [0.2, 0.25) is 10.0 Å². The zero-order valence-corrected chi connectivity index (χ0v) is 15.9. The molecule has 0 aliphatic carbocycles. The predicted octanol–water partition coefficient (Wildman–Crippen LogP) is 2.23. The molecule has 0 saturated heterocycles. The van der Waals surface area contributed by atoms with E-state index in [4.69, 9.17) is 4.74 Å². The van der Waals surface area contributed by atoms with Crippen LogP contribution in [0.1, 0.15) is 35.6 Å². The molecule has 2 rings (SSSR count). The van der Waals surface area contributed by atoms with Crippen LogP contribution in [-0.4, -0.2) is 48.6 Å². The summed E-state index contributed by atoms with van der Waals surface area (Å²) in [7, 11) is -2.15. The molecular formula is C17H23N3O4S. The molecule has 7 nitrogen and oxygen atoms in total. The van der Waals surface area contributed by atoms with Crippen LogP contribution >= 0.6 is 0 Å². The first-order chi connectivity index (χ1) is 11.8. The lowest BCUT2D eigenvalue weighted by molar-refractivity contribution is 0.0942. The Morgan fingerprint density at radius 3 is 2.20 bits per heavy atom. The van der Waals surface area contributed by atoms with E-state index in [2.05, 4.69) is 5.10 Å². The number of aromatic nitrogens is 2. The van der Waals surface area contributed by atoms with Crippen molar-refractivity contribution in [2.24, 2.45) is 0 Å². The molecule has 1 aromatic heterocycles. The van der Waals surface area contributed by atoms with Crippen LogP contribution in [0.15, 0.2) is 29.2 Å². The SMILES string of the molecule is CCN(CC)S(=O)(=O)c1c(C)nn(C(=O)c2ccc(OC)cc2)c1C. The summed E-state index contributed by atoms with van der Waals surface area (Å²) < 4.78 is 33.3. The summed E-state index contributed by atoms with van der Waals surface area (Å²) in [5.74, 6) is 0.249. The van der Waals surface area contributed by atoms with Crippen molar-refractivity contribution in [2.45, 2.75) is 32.6 Å². The maximum absolute atomic E-state index is 12.8. The first-order valence-electron chi connectivity index (χ1n) is 8.03. The summed E-state index contributed by atoms with van der Waals surface area (Å²) in [5.41, 5.74) is 1.02. The number of carbonyl (C=O) groups excluding carboxylic acids is 1. The normalized spacial score (nSPS) is 11.8. The molecule has 25 heavy (non-hydrogen) atoms. The zero-order valence-electron chi connectivity index (χ0n) is 15.1. The molecule has 0 fully saturated rings. The first-order valence-corrected chi connectivity index (χ1v) is 9.47. The maximum Gasteiger partial charge on any atom is 0.278 e. The molecule has 0 aliphatic rings. The fourth-order valence-corrected chi connectivity index (χ4v) is 4.56. The summed E-state index contributed by atoms with van der Waals surface area (Å²) >= 11 is 0. The third-order valence-corrected chi connectivity index (χ3v) is 6.36. The van der Waals surface area contributed by atoms with E-state index in [1.54, 1.807) is 59.1 Å². The van der Waals surface area contributed by atoms with Crippen LogP contribution < -0.4 is 4.74 Å². The fraction of sp³-hybridized carbons (Fsp3) is 0.412. The van der Waals surface area contributed by atoms with Crippen molar-refractivity contribution in [3.8, 4) is 5.75 Å². The van der Waals surface area contributed by atoms with Crippen LogP contribution in [0, 0.1) is 13.8 Å². The van der Waals surface area contributed by atoms with E-state index in [0.717, 1.165) is 4.68 Å². The highest BCUT2D eigenvalue weighted by atomic mass is 32.2. The minimum Gasteiger partial charge on any atom is -0.497 e. The van der Waals surface area contributed by atoms with Gasteiger partial charge in [-0.3, -0.25) is 4.79 Å². The lowest BCUT2D eigenvalue weighted by Gasteiger charge is -2.18. The molecular weight excluding hydrogens is 342 g/mol. The number of sulfonamides is 1. The van der Waals surface area contributed by atoms with Gasteiger partial charge in [-0.15, -0.1) is 0 Å². The molecule has 0 saturated carbocycles. The van der Waals surface area contributed by atoms with Gasteiger partial charge in [0, 0.05) is 18.7 Å². The predicted molar refractivity (Wildman–Crippen MR) is 94.5 cm³/mol. The van der Waals surface area contributed by atoms with E-state index < -0.39 is 10.0 Å². The Morgan fingerprint density at radius 2 is 1.72 bits per heavy atom. The van der Waals surface area contributed by atoms with Gasteiger partial charge in [-0.2, -0.15) is 14.1 Å². The topological polar surface area (TPSA) is 81.5 Å². The Morgan fingerprint density at radius 1 is 1.16 bits per heavy atom. The van der Waals surface area contributed by atoms with Crippen molar-refractivity contribution >= 4 is 15.9 Å². The van der Waals surface area contributed by atoms with E-state index in [1.807, 2.05) is 0 Å². The number of aryl methyl sites for hydroxylation is 1. The molecule has 0 aliphatic heterocycles. The number of methoxy groups -OCH3 is 1. The second-order valence-electron chi connectivity index (χ2n) is 5.53. The maximum atomic E-state index is 12.8. The van der Waals surface area contributed by atoms with Crippen LogP contribution in [0.25, 0.3) is 0 Å².